The molecule has 1 unspecified atom stereocenters. The minimum Gasteiger partial charge on any atom is -0.384 e. The summed E-state index contributed by atoms with van der Waals surface area (Å²) in [6.45, 7) is 6.52. The van der Waals surface area contributed by atoms with Gasteiger partial charge in [0.2, 0.25) is 0 Å². The Bertz CT molecular complexity index is 338. The largest absolute Gasteiger partial charge is 0.384 e. The van der Waals surface area contributed by atoms with Gasteiger partial charge in [-0.1, -0.05) is 0 Å². The third-order valence-corrected chi connectivity index (χ3v) is 3.24. The molecule has 1 aliphatic heterocycles. The van der Waals surface area contributed by atoms with E-state index in [2.05, 4.69) is 35.1 Å². The van der Waals surface area contributed by atoms with Gasteiger partial charge < -0.3 is 10.2 Å². The third-order valence-electron chi connectivity index (χ3n) is 3.24. The van der Waals surface area contributed by atoms with Gasteiger partial charge in [-0.25, -0.2) is 0 Å². The van der Waals surface area contributed by atoms with E-state index < -0.39 is 0 Å². The molecule has 0 bridgehead atoms. The number of piperidine rings is 1. The molecule has 88 valence electrons. The first-order chi connectivity index (χ1) is 7.81. The number of rotatable bonds is 3. The number of anilines is 2. The lowest BCUT2D eigenvalue weighted by molar-refractivity contribution is 0.484. The molecule has 1 N–H and O–H groups in total. The Hall–Kier alpha value is -1.25. The number of hydrogen-bond donors (Lipinski definition) is 1. The van der Waals surface area contributed by atoms with Crippen LogP contribution in [-0.4, -0.2) is 24.1 Å². The van der Waals surface area contributed by atoms with Crippen LogP contribution < -0.4 is 10.2 Å². The Kier molecular flexibility index (Phi) is 3.65. The molecule has 1 aromatic rings. The zero-order valence-electron chi connectivity index (χ0n) is 10.2. The van der Waals surface area contributed by atoms with E-state index in [0.717, 1.165) is 12.2 Å². The van der Waals surface area contributed by atoms with Crippen molar-refractivity contribution in [2.75, 3.05) is 23.3 Å². The van der Waals surface area contributed by atoms with Crippen molar-refractivity contribution in [1.29, 1.82) is 0 Å². The fourth-order valence-corrected chi connectivity index (χ4v) is 2.37. The molecular formula is C13H21N3. The minimum atomic E-state index is 0.646. The van der Waals surface area contributed by atoms with Crippen LogP contribution in [0.15, 0.2) is 18.5 Å². The van der Waals surface area contributed by atoms with Crippen molar-refractivity contribution in [2.45, 2.75) is 39.2 Å². The maximum absolute atomic E-state index is 4.31. The summed E-state index contributed by atoms with van der Waals surface area (Å²) in [6, 6.07) is 2.85. The molecule has 3 nitrogen and oxygen atoms in total. The van der Waals surface area contributed by atoms with Gasteiger partial charge >= 0.3 is 0 Å². The van der Waals surface area contributed by atoms with Gasteiger partial charge in [0.1, 0.15) is 0 Å². The molecule has 0 aliphatic carbocycles. The maximum atomic E-state index is 4.31. The smallest absolute Gasteiger partial charge is 0.0575 e. The van der Waals surface area contributed by atoms with Crippen molar-refractivity contribution in [3.05, 3.63) is 18.5 Å². The molecule has 3 heteroatoms. The van der Waals surface area contributed by atoms with Gasteiger partial charge in [-0.05, 0) is 39.2 Å². The van der Waals surface area contributed by atoms with Crippen molar-refractivity contribution >= 4 is 11.4 Å². The lowest BCUT2D eigenvalue weighted by Crippen LogP contribution is -2.37. The van der Waals surface area contributed by atoms with Crippen molar-refractivity contribution in [1.82, 2.24) is 4.98 Å². The fourth-order valence-electron chi connectivity index (χ4n) is 2.37. The molecule has 1 aliphatic rings. The minimum absolute atomic E-state index is 0.646. The molecule has 0 amide bonds. The second-order valence-electron chi connectivity index (χ2n) is 4.50. The van der Waals surface area contributed by atoms with Crippen molar-refractivity contribution in [3.8, 4) is 0 Å². The van der Waals surface area contributed by atoms with Crippen LogP contribution in [0.1, 0.15) is 33.1 Å². The van der Waals surface area contributed by atoms with Crippen LogP contribution >= 0.6 is 0 Å². The van der Waals surface area contributed by atoms with E-state index in [1.165, 1.54) is 31.5 Å². The SMILES string of the molecule is CCNc1cncc(N2CCCCC2C)c1. The molecule has 1 aromatic heterocycles. The van der Waals surface area contributed by atoms with Crippen LogP contribution in [0, 0.1) is 0 Å². The number of pyridine rings is 1. The van der Waals surface area contributed by atoms with E-state index >= 15 is 0 Å². The molecule has 1 fully saturated rings. The van der Waals surface area contributed by atoms with Crippen molar-refractivity contribution < 1.29 is 0 Å². The van der Waals surface area contributed by atoms with E-state index in [9.17, 15) is 0 Å². The highest BCUT2D eigenvalue weighted by atomic mass is 15.2. The third kappa shape index (κ3) is 2.46. The fraction of sp³-hybridized carbons (Fsp3) is 0.615. The molecule has 0 aromatic carbocycles. The number of nitrogens with one attached hydrogen (secondary N) is 1. The van der Waals surface area contributed by atoms with Crippen LogP contribution in [0.5, 0.6) is 0 Å². The standard InChI is InChI=1S/C13H21N3/c1-3-15-12-8-13(10-14-9-12)16-7-5-4-6-11(16)2/h8-11,15H,3-7H2,1-2H3. The normalized spacial score (nSPS) is 20.9. The number of aromatic nitrogens is 1. The number of nitrogens with zero attached hydrogens (tertiary/aromatic N) is 2. The van der Waals surface area contributed by atoms with Gasteiger partial charge in [0.25, 0.3) is 0 Å². The van der Waals surface area contributed by atoms with E-state index in [1.807, 2.05) is 12.4 Å². The lowest BCUT2D eigenvalue weighted by atomic mass is 10.0. The second kappa shape index (κ2) is 5.19. The van der Waals surface area contributed by atoms with Crippen molar-refractivity contribution in [3.63, 3.8) is 0 Å². The summed E-state index contributed by atoms with van der Waals surface area (Å²) in [5.74, 6) is 0. The quantitative estimate of drug-likeness (QED) is 0.847. The Balaban J connectivity index is 2.15. The highest BCUT2D eigenvalue weighted by Gasteiger charge is 2.18. The Labute approximate surface area is 97.9 Å². The summed E-state index contributed by atoms with van der Waals surface area (Å²) >= 11 is 0. The van der Waals surface area contributed by atoms with Gasteiger partial charge in [0.15, 0.2) is 0 Å². The average molecular weight is 219 g/mol. The summed E-state index contributed by atoms with van der Waals surface area (Å²) in [5.41, 5.74) is 2.38. The molecule has 0 saturated carbocycles. The summed E-state index contributed by atoms with van der Waals surface area (Å²) < 4.78 is 0. The van der Waals surface area contributed by atoms with Crippen LogP contribution in [0.4, 0.5) is 11.4 Å². The average Bonchev–Trinajstić information content (AvgIpc) is 2.30. The summed E-state index contributed by atoms with van der Waals surface area (Å²) in [6.07, 6.45) is 7.82. The summed E-state index contributed by atoms with van der Waals surface area (Å²) in [7, 11) is 0. The van der Waals surface area contributed by atoms with Crippen LogP contribution in [0.2, 0.25) is 0 Å². The Morgan fingerprint density at radius 3 is 3.06 bits per heavy atom. The van der Waals surface area contributed by atoms with Crippen molar-refractivity contribution in [2.24, 2.45) is 0 Å². The van der Waals surface area contributed by atoms with E-state index in [1.54, 1.807) is 0 Å². The molecule has 1 atom stereocenters. The summed E-state index contributed by atoms with van der Waals surface area (Å²) in [5, 5.41) is 3.31. The molecule has 0 spiro atoms. The summed E-state index contributed by atoms with van der Waals surface area (Å²) in [4.78, 5) is 6.78. The van der Waals surface area contributed by atoms with E-state index in [0.29, 0.717) is 6.04 Å². The second-order valence-corrected chi connectivity index (χ2v) is 4.50. The maximum Gasteiger partial charge on any atom is 0.0575 e. The van der Waals surface area contributed by atoms with Gasteiger partial charge in [-0.15, -0.1) is 0 Å². The van der Waals surface area contributed by atoms with Crippen LogP contribution in [0.25, 0.3) is 0 Å². The van der Waals surface area contributed by atoms with Crippen LogP contribution in [-0.2, 0) is 0 Å². The van der Waals surface area contributed by atoms with Gasteiger partial charge in [0, 0.05) is 19.1 Å². The van der Waals surface area contributed by atoms with Crippen LogP contribution in [0.3, 0.4) is 0 Å². The molecule has 16 heavy (non-hydrogen) atoms. The van der Waals surface area contributed by atoms with Gasteiger partial charge in [-0.3, -0.25) is 4.98 Å². The topological polar surface area (TPSA) is 28.2 Å². The van der Waals surface area contributed by atoms with E-state index in [-0.39, 0.29) is 0 Å². The predicted molar refractivity (Wildman–Crippen MR) is 69.1 cm³/mol. The molecule has 0 radical (unpaired) electrons. The van der Waals surface area contributed by atoms with Gasteiger partial charge in [0.05, 0.1) is 23.8 Å². The molecule has 2 rings (SSSR count). The van der Waals surface area contributed by atoms with E-state index in [4.69, 9.17) is 0 Å². The predicted octanol–water partition coefficient (Wildman–Crippen LogP) is 2.89. The zero-order valence-corrected chi connectivity index (χ0v) is 10.2. The molecule has 2 heterocycles. The monoisotopic (exact) mass is 219 g/mol. The van der Waals surface area contributed by atoms with Gasteiger partial charge in [-0.2, -0.15) is 0 Å². The molecule has 1 saturated heterocycles. The Morgan fingerprint density at radius 1 is 1.44 bits per heavy atom. The lowest BCUT2D eigenvalue weighted by Gasteiger charge is -2.35. The number of hydrogen-bond acceptors (Lipinski definition) is 3. The first-order valence-electron chi connectivity index (χ1n) is 6.27. The first kappa shape index (κ1) is 11.2. The highest BCUT2D eigenvalue weighted by molar-refractivity contribution is 5.56. The molecular weight excluding hydrogens is 198 g/mol. The highest BCUT2D eigenvalue weighted by Crippen LogP contribution is 2.25. The zero-order chi connectivity index (χ0) is 11.4. The Morgan fingerprint density at radius 2 is 2.31 bits per heavy atom. The first-order valence-corrected chi connectivity index (χ1v) is 6.27.